The molecule has 2 rings (SSSR count). The fourth-order valence-corrected chi connectivity index (χ4v) is 2.56. The number of carbonyl (C=O) groups is 1. The fourth-order valence-electron chi connectivity index (χ4n) is 1.95. The molecule has 1 aromatic carbocycles. The topological polar surface area (TPSA) is 38.3 Å². The van der Waals surface area contributed by atoms with Gasteiger partial charge in [0.15, 0.2) is 5.67 Å². The highest BCUT2D eigenvalue weighted by molar-refractivity contribution is 9.10. The predicted molar refractivity (Wildman–Crippen MR) is 74.7 cm³/mol. The van der Waals surface area contributed by atoms with Gasteiger partial charge in [-0.3, -0.25) is 0 Å². The van der Waals surface area contributed by atoms with Gasteiger partial charge in [0.1, 0.15) is 5.60 Å². The number of carbonyl (C=O) groups excluding carboxylic acids is 1. The number of nitrogens with one attached hydrogen (secondary N) is 1. The molecule has 0 saturated heterocycles. The van der Waals surface area contributed by atoms with Crippen molar-refractivity contribution in [2.24, 2.45) is 0 Å². The van der Waals surface area contributed by atoms with Gasteiger partial charge in [0.2, 0.25) is 0 Å². The lowest BCUT2D eigenvalue weighted by Crippen LogP contribution is -2.35. The molecule has 0 radical (unpaired) electrons. The zero-order chi connectivity index (χ0) is 14.3. The maximum Gasteiger partial charge on any atom is 0.407 e. The van der Waals surface area contributed by atoms with Crippen LogP contribution in [0.1, 0.15) is 32.8 Å². The number of alkyl carbamates (subject to hydrolysis) is 1. The van der Waals surface area contributed by atoms with E-state index < -0.39 is 23.4 Å². The molecule has 0 aliphatic heterocycles. The van der Waals surface area contributed by atoms with E-state index in [1.807, 2.05) is 6.07 Å². The highest BCUT2D eigenvalue weighted by atomic mass is 79.9. The summed E-state index contributed by atoms with van der Waals surface area (Å²) in [7, 11) is 0. The first-order chi connectivity index (χ1) is 8.72. The SMILES string of the molecule is CC(C)(C)OC(=O)NC1CC1(F)c1ccccc1Br. The summed E-state index contributed by atoms with van der Waals surface area (Å²) >= 11 is 3.33. The summed E-state index contributed by atoms with van der Waals surface area (Å²) in [6.07, 6.45) is -0.307. The Kier molecular flexibility index (Phi) is 3.60. The molecule has 0 aromatic heterocycles. The van der Waals surface area contributed by atoms with Crippen molar-refractivity contribution in [2.75, 3.05) is 0 Å². The van der Waals surface area contributed by atoms with Crippen LogP contribution in [-0.2, 0) is 10.4 Å². The number of hydrogen-bond donors (Lipinski definition) is 1. The van der Waals surface area contributed by atoms with Crippen LogP contribution in [0.15, 0.2) is 28.7 Å². The molecular weight excluding hydrogens is 313 g/mol. The Morgan fingerprint density at radius 3 is 2.68 bits per heavy atom. The third-order valence-electron chi connectivity index (χ3n) is 2.91. The summed E-state index contributed by atoms with van der Waals surface area (Å²) in [6.45, 7) is 5.32. The van der Waals surface area contributed by atoms with Gasteiger partial charge in [-0.05, 0) is 26.8 Å². The molecule has 104 valence electrons. The second kappa shape index (κ2) is 4.78. The normalized spacial score (nSPS) is 25.8. The average Bonchev–Trinajstić information content (AvgIpc) is 2.87. The molecule has 0 spiro atoms. The number of hydrogen-bond acceptors (Lipinski definition) is 2. The van der Waals surface area contributed by atoms with Gasteiger partial charge in [0, 0.05) is 16.5 Å². The van der Waals surface area contributed by atoms with Crippen molar-refractivity contribution < 1.29 is 13.9 Å². The molecular formula is C14H17BrFNO2. The smallest absolute Gasteiger partial charge is 0.407 e. The number of rotatable bonds is 2. The Balaban J connectivity index is 2.00. The van der Waals surface area contributed by atoms with Gasteiger partial charge in [0.05, 0.1) is 6.04 Å². The Hall–Kier alpha value is -1.10. The summed E-state index contributed by atoms with van der Waals surface area (Å²) in [5.74, 6) is 0. The van der Waals surface area contributed by atoms with Gasteiger partial charge >= 0.3 is 6.09 Å². The predicted octanol–water partition coefficient (Wildman–Crippen LogP) is 3.91. The van der Waals surface area contributed by atoms with Crippen molar-refractivity contribution in [3.63, 3.8) is 0 Å². The molecule has 1 fully saturated rings. The Labute approximate surface area is 120 Å². The number of amides is 1. The number of ether oxygens (including phenoxy) is 1. The average molecular weight is 330 g/mol. The van der Waals surface area contributed by atoms with Crippen molar-refractivity contribution in [3.05, 3.63) is 34.3 Å². The van der Waals surface area contributed by atoms with Gasteiger partial charge < -0.3 is 10.1 Å². The van der Waals surface area contributed by atoms with Crippen LogP contribution < -0.4 is 5.32 Å². The molecule has 2 unspecified atom stereocenters. The minimum Gasteiger partial charge on any atom is -0.444 e. The minimum absolute atomic E-state index is 0.273. The van der Waals surface area contributed by atoms with E-state index in [9.17, 15) is 9.18 Å². The molecule has 1 N–H and O–H groups in total. The molecule has 1 aromatic rings. The second-order valence-corrected chi connectivity index (χ2v) is 6.60. The zero-order valence-electron chi connectivity index (χ0n) is 11.2. The van der Waals surface area contributed by atoms with Crippen LogP contribution >= 0.6 is 15.9 Å². The molecule has 1 aliphatic carbocycles. The zero-order valence-corrected chi connectivity index (χ0v) is 12.8. The summed E-state index contributed by atoms with van der Waals surface area (Å²) in [4.78, 5) is 11.6. The Bertz CT molecular complexity index is 500. The molecule has 1 amide bonds. The maximum atomic E-state index is 14.7. The van der Waals surface area contributed by atoms with E-state index in [-0.39, 0.29) is 6.42 Å². The first-order valence-electron chi connectivity index (χ1n) is 6.16. The molecule has 19 heavy (non-hydrogen) atoms. The summed E-state index contributed by atoms with van der Waals surface area (Å²) < 4.78 is 20.5. The lowest BCUT2D eigenvalue weighted by molar-refractivity contribution is 0.0511. The van der Waals surface area contributed by atoms with Gasteiger partial charge in [0.25, 0.3) is 0 Å². The fraction of sp³-hybridized carbons (Fsp3) is 0.500. The van der Waals surface area contributed by atoms with Crippen molar-refractivity contribution >= 4 is 22.0 Å². The lowest BCUT2D eigenvalue weighted by Gasteiger charge is -2.20. The highest BCUT2D eigenvalue weighted by Gasteiger charge is 2.58. The van der Waals surface area contributed by atoms with E-state index in [4.69, 9.17) is 4.74 Å². The number of halogens is 2. The molecule has 5 heteroatoms. The van der Waals surface area contributed by atoms with E-state index in [2.05, 4.69) is 21.2 Å². The van der Waals surface area contributed by atoms with Crippen LogP contribution in [0, 0.1) is 0 Å². The first-order valence-corrected chi connectivity index (χ1v) is 6.95. The number of alkyl halides is 1. The van der Waals surface area contributed by atoms with E-state index in [1.165, 1.54) is 0 Å². The lowest BCUT2D eigenvalue weighted by atomic mass is 10.1. The molecule has 2 atom stereocenters. The highest BCUT2D eigenvalue weighted by Crippen LogP contribution is 2.51. The van der Waals surface area contributed by atoms with Crippen molar-refractivity contribution in [1.29, 1.82) is 0 Å². The van der Waals surface area contributed by atoms with Gasteiger partial charge in [-0.15, -0.1) is 0 Å². The molecule has 1 saturated carbocycles. The third-order valence-corrected chi connectivity index (χ3v) is 3.60. The standard InChI is InChI=1S/C14H17BrFNO2/c1-13(2,3)19-12(18)17-11-8-14(11,16)9-6-4-5-7-10(9)15/h4-7,11H,8H2,1-3H3,(H,17,18). The largest absolute Gasteiger partial charge is 0.444 e. The van der Waals surface area contributed by atoms with Gasteiger partial charge in [-0.25, -0.2) is 9.18 Å². The van der Waals surface area contributed by atoms with Crippen LogP contribution in [0.2, 0.25) is 0 Å². The maximum absolute atomic E-state index is 14.7. The quantitative estimate of drug-likeness (QED) is 0.893. The molecule has 0 heterocycles. The van der Waals surface area contributed by atoms with E-state index >= 15 is 0 Å². The van der Waals surface area contributed by atoms with Crippen molar-refractivity contribution in [2.45, 2.75) is 44.5 Å². The van der Waals surface area contributed by atoms with Gasteiger partial charge in [-0.2, -0.15) is 0 Å². The molecule has 0 bridgehead atoms. The Morgan fingerprint density at radius 2 is 2.11 bits per heavy atom. The van der Waals surface area contributed by atoms with Crippen LogP contribution in [0.4, 0.5) is 9.18 Å². The van der Waals surface area contributed by atoms with E-state index in [1.54, 1.807) is 39.0 Å². The summed E-state index contributed by atoms with van der Waals surface area (Å²) in [5.41, 5.74) is -1.52. The molecule has 3 nitrogen and oxygen atoms in total. The van der Waals surface area contributed by atoms with Crippen LogP contribution in [0.25, 0.3) is 0 Å². The summed E-state index contributed by atoms with van der Waals surface area (Å²) in [5, 5.41) is 2.57. The van der Waals surface area contributed by atoms with Gasteiger partial charge in [-0.1, -0.05) is 34.1 Å². The second-order valence-electron chi connectivity index (χ2n) is 5.75. The minimum atomic E-state index is -1.50. The van der Waals surface area contributed by atoms with Crippen LogP contribution in [0.3, 0.4) is 0 Å². The van der Waals surface area contributed by atoms with Crippen LogP contribution in [-0.4, -0.2) is 17.7 Å². The van der Waals surface area contributed by atoms with Crippen molar-refractivity contribution in [3.8, 4) is 0 Å². The summed E-state index contributed by atoms with van der Waals surface area (Å²) in [6, 6.07) is 6.60. The van der Waals surface area contributed by atoms with Crippen LogP contribution in [0.5, 0.6) is 0 Å². The van der Waals surface area contributed by atoms with E-state index in [0.29, 0.717) is 10.0 Å². The molecule has 1 aliphatic rings. The Morgan fingerprint density at radius 1 is 1.47 bits per heavy atom. The van der Waals surface area contributed by atoms with Crippen molar-refractivity contribution in [1.82, 2.24) is 5.32 Å². The number of benzene rings is 1. The monoisotopic (exact) mass is 329 g/mol. The first kappa shape index (κ1) is 14.3. The third kappa shape index (κ3) is 3.26. The van der Waals surface area contributed by atoms with E-state index in [0.717, 1.165) is 0 Å².